The summed E-state index contributed by atoms with van der Waals surface area (Å²) < 4.78 is 31.9. The lowest BCUT2D eigenvalue weighted by Crippen LogP contribution is -2.17. The van der Waals surface area contributed by atoms with Gasteiger partial charge in [0.2, 0.25) is 0 Å². The lowest BCUT2D eigenvalue weighted by molar-refractivity contribution is 0.207. The molecule has 78 valence electrons. The van der Waals surface area contributed by atoms with Gasteiger partial charge >= 0.3 is 0 Å². The lowest BCUT2D eigenvalue weighted by atomic mass is 10.4. The van der Waals surface area contributed by atoms with E-state index in [1.807, 2.05) is 0 Å². The van der Waals surface area contributed by atoms with Crippen molar-refractivity contribution in [3.05, 3.63) is 11.2 Å². The Morgan fingerprint density at radius 2 is 2.08 bits per heavy atom. The number of alkyl halides is 1. The smallest absolute Gasteiger partial charge is 0.175 e. The number of methoxy groups -OCH3 is 2. The Kier molecular flexibility index (Phi) is 5.59. The summed E-state index contributed by atoms with van der Waals surface area (Å²) in [5, 5.41) is 0. The number of halogens is 1. The van der Waals surface area contributed by atoms with Gasteiger partial charge in [0.25, 0.3) is 0 Å². The van der Waals surface area contributed by atoms with Crippen molar-refractivity contribution in [2.45, 2.75) is 4.83 Å². The molecule has 13 heavy (non-hydrogen) atoms. The first-order valence-electron chi connectivity index (χ1n) is 3.49. The minimum Gasteiger partial charge on any atom is -0.503 e. The standard InChI is InChI=1S/C7H13BrO4S/c1-11-4-6(8)7(5-12-2)13(3,9)10/h5-6H,4H2,1-3H3. The molecule has 0 N–H and O–H groups in total. The van der Waals surface area contributed by atoms with E-state index in [2.05, 4.69) is 20.7 Å². The second-order valence-corrected chi connectivity index (χ2v) is 5.57. The minimum absolute atomic E-state index is 0.178. The zero-order valence-electron chi connectivity index (χ0n) is 7.78. The second kappa shape index (κ2) is 5.62. The van der Waals surface area contributed by atoms with Crippen LogP contribution in [-0.2, 0) is 19.3 Å². The first-order valence-corrected chi connectivity index (χ1v) is 6.30. The van der Waals surface area contributed by atoms with Crippen molar-refractivity contribution in [2.75, 3.05) is 27.1 Å². The maximum Gasteiger partial charge on any atom is 0.175 e. The molecule has 0 saturated carbocycles. The highest BCUT2D eigenvalue weighted by atomic mass is 79.9. The molecule has 6 heteroatoms. The van der Waals surface area contributed by atoms with Crippen molar-refractivity contribution in [3.63, 3.8) is 0 Å². The summed E-state index contributed by atoms with van der Waals surface area (Å²) in [6.45, 7) is 0.280. The molecule has 0 spiro atoms. The maximum atomic E-state index is 11.2. The summed E-state index contributed by atoms with van der Waals surface area (Å²) in [6, 6.07) is 0. The Hall–Kier alpha value is -0.0700. The molecule has 0 aromatic heterocycles. The summed E-state index contributed by atoms with van der Waals surface area (Å²) in [7, 11) is -0.338. The van der Waals surface area contributed by atoms with E-state index in [4.69, 9.17) is 4.74 Å². The quantitative estimate of drug-likeness (QED) is 0.552. The predicted molar refractivity (Wildman–Crippen MR) is 54.5 cm³/mol. The maximum absolute atomic E-state index is 11.2. The minimum atomic E-state index is -3.24. The molecule has 0 aromatic rings. The zero-order chi connectivity index (χ0) is 10.5. The third kappa shape index (κ3) is 4.64. The summed E-state index contributed by atoms with van der Waals surface area (Å²) in [6.07, 6.45) is 2.33. The number of ether oxygens (including phenoxy) is 2. The largest absolute Gasteiger partial charge is 0.503 e. The van der Waals surface area contributed by atoms with Crippen LogP contribution >= 0.6 is 15.9 Å². The topological polar surface area (TPSA) is 52.6 Å². The molecule has 0 radical (unpaired) electrons. The van der Waals surface area contributed by atoms with Gasteiger partial charge in [0.15, 0.2) is 9.84 Å². The van der Waals surface area contributed by atoms with Crippen LogP contribution < -0.4 is 0 Å². The van der Waals surface area contributed by atoms with Crippen LogP contribution in [0.1, 0.15) is 0 Å². The van der Waals surface area contributed by atoms with E-state index in [-0.39, 0.29) is 16.3 Å². The van der Waals surface area contributed by atoms with Crippen LogP contribution in [0.5, 0.6) is 0 Å². The van der Waals surface area contributed by atoms with Gasteiger partial charge in [-0.3, -0.25) is 0 Å². The third-order valence-electron chi connectivity index (χ3n) is 1.28. The highest BCUT2D eigenvalue weighted by Gasteiger charge is 2.20. The lowest BCUT2D eigenvalue weighted by Gasteiger charge is -2.10. The van der Waals surface area contributed by atoms with Crippen LogP contribution in [0.2, 0.25) is 0 Å². The monoisotopic (exact) mass is 272 g/mol. The summed E-state index contributed by atoms with van der Waals surface area (Å²) in [5.41, 5.74) is 0. The van der Waals surface area contributed by atoms with E-state index in [0.717, 1.165) is 6.26 Å². The van der Waals surface area contributed by atoms with E-state index in [1.165, 1.54) is 20.5 Å². The number of hydrogen-bond acceptors (Lipinski definition) is 4. The molecule has 0 fully saturated rings. The van der Waals surface area contributed by atoms with Crippen LogP contribution in [0.4, 0.5) is 0 Å². The molecule has 1 unspecified atom stereocenters. The van der Waals surface area contributed by atoms with Gasteiger partial charge in [0.1, 0.15) is 0 Å². The van der Waals surface area contributed by atoms with Gasteiger partial charge < -0.3 is 9.47 Å². The Morgan fingerprint density at radius 1 is 1.54 bits per heavy atom. The Labute approximate surface area is 87.0 Å². The fourth-order valence-corrected chi connectivity index (χ4v) is 2.93. The molecular formula is C7H13BrO4S. The SMILES string of the molecule is COC=C(C(Br)COC)S(C)(=O)=O. The van der Waals surface area contributed by atoms with E-state index in [0.29, 0.717) is 0 Å². The molecule has 1 atom stereocenters. The molecule has 0 aliphatic carbocycles. The summed E-state index contributed by atoms with van der Waals surface area (Å²) in [5.74, 6) is 0. The van der Waals surface area contributed by atoms with Crippen LogP contribution in [0.15, 0.2) is 11.2 Å². The molecule has 0 bridgehead atoms. The average Bonchev–Trinajstić information content (AvgIpc) is 1.98. The molecule has 0 saturated heterocycles. The van der Waals surface area contributed by atoms with Crippen molar-refractivity contribution in [3.8, 4) is 0 Å². The van der Waals surface area contributed by atoms with Gasteiger partial charge in [-0.15, -0.1) is 0 Å². The molecular weight excluding hydrogens is 260 g/mol. The number of rotatable bonds is 5. The Morgan fingerprint density at radius 3 is 2.38 bits per heavy atom. The van der Waals surface area contributed by atoms with Crippen molar-refractivity contribution >= 4 is 25.8 Å². The highest BCUT2D eigenvalue weighted by molar-refractivity contribution is 9.09. The van der Waals surface area contributed by atoms with Crippen LogP contribution in [0, 0.1) is 0 Å². The van der Waals surface area contributed by atoms with Crippen LogP contribution in [0.25, 0.3) is 0 Å². The van der Waals surface area contributed by atoms with Crippen LogP contribution in [0.3, 0.4) is 0 Å². The van der Waals surface area contributed by atoms with Gasteiger partial charge in [0.05, 0.1) is 29.7 Å². The molecule has 4 nitrogen and oxygen atoms in total. The molecule has 0 aromatic carbocycles. The molecule has 0 aliphatic heterocycles. The Bertz CT molecular complexity index is 270. The average molecular weight is 273 g/mol. The molecule has 0 amide bonds. The highest BCUT2D eigenvalue weighted by Crippen LogP contribution is 2.18. The number of sulfone groups is 1. The summed E-state index contributed by atoms with van der Waals surface area (Å²) in [4.78, 5) is -0.190. The van der Waals surface area contributed by atoms with Crippen molar-refractivity contribution < 1.29 is 17.9 Å². The van der Waals surface area contributed by atoms with E-state index >= 15 is 0 Å². The zero-order valence-corrected chi connectivity index (χ0v) is 10.2. The Balaban J connectivity index is 4.74. The molecule has 0 heterocycles. The fourth-order valence-electron chi connectivity index (χ4n) is 0.738. The third-order valence-corrected chi connectivity index (χ3v) is 3.58. The molecule has 0 rings (SSSR count). The van der Waals surface area contributed by atoms with E-state index in [9.17, 15) is 8.42 Å². The molecule has 0 aliphatic rings. The van der Waals surface area contributed by atoms with Gasteiger partial charge in [-0.1, -0.05) is 15.9 Å². The second-order valence-electron chi connectivity index (χ2n) is 2.45. The van der Waals surface area contributed by atoms with Crippen molar-refractivity contribution in [1.82, 2.24) is 0 Å². The van der Waals surface area contributed by atoms with Gasteiger partial charge in [0, 0.05) is 13.4 Å². The first-order chi connectivity index (χ1) is 5.93. The van der Waals surface area contributed by atoms with Crippen molar-refractivity contribution in [1.29, 1.82) is 0 Å². The van der Waals surface area contributed by atoms with Crippen molar-refractivity contribution in [2.24, 2.45) is 0 Å². The van der Waals surface area contributed by atoms with Gasteiger partial charge in [-0.05, 0) is 0 Å². The van der Waals surface area contributed by atoms with E-state index in [1.54, 1.807) is 0 Å². The first kappa shape index (κ1) is 12.9. The fraction of sp³-hybridized carbons (Fsp3) is 0.714. The number of hydrogen-bond donors (Lipinski definition) is 0. The van der Waals surface area contributed by atoms with Gasteiger partial charge in [-0.2, -0.15) is 0 Å². The summed E-state index contributed by atoms with van der Waals surface area (Å²) >= 11 is 3.19. The normalized spacial score (nSPS) is 15.5. The van der Waals surface area contributed by atoms with Gasteiger partial charge in [-0.25, -0.2) is 8.42 Å². The van der Waals surface area contributed by atoms with E-state index < -0.39 is 9.84 Å². The predicted octanol–water partition coefficient (Wildman–Crippen LogP) is 0.929. The van der Waals surface area contributed by atoms with Crippen LogP contribution in [-0.4, -0.2) is 40.3 Å².